The summed E-state index contributed by atoms with van der Waals surface area (Å²) in [6, 6.07) is 21.7. The Bertz CT molecular complexity index is 1320. The first-order chi connectivity index (χ1) is 18.1. The highest BCUT2D eigenvalue weighted by molar-refractivity contribution is 5.77. The van der Waals surface area contributed by atoms with Crippen LogP contribution >= 0.6 is 0 Å². The Kier molecular flexibility index (Phi) is 9.03. The molecule has 1 aromatic heterocycles. The van der Waals surface area contributed by atoms with Gasteiger partial charge in [0.25, 0.3) is 0 Å². The fraction of sp³-hybridized carbons (Fsp3) is 0.333. The molecule has 7 nitrogen and oxygen atoms in total. The van der Waals surface area contributed by atoms with Crippen LogP contribution in [0, 0.1) is 0 Å². The van der Waals surface area contributed by atoms with Crippen molar-refractivity contribution < 1.29 is 23.7 Å². The molecule has 0 amide bonds. The van der Waals surface area contributed by atoms with Gasteiger partial charge in [-0.1, -0.05) is 36.4 Å². The van der Waals surface area contributed by atoms with E-state index in [0.29, 0.717) is 32.7 Å². The number of methoxy groups -OCH3 is 1. The van der Waals surface area contributed by atoms with Gasteiger partial charge in [0.05, 0.1) is 31.4 Å². The van der Waals surface area contributed by atoms with Gasteiger partial charge in [0.2, 0.25) is 0 Å². The Morgan fingerprint density at radius 2 is 1.76 bits per heavy atom. The van der Waals surface area contributed by atoms with Crippen molar-refractivity contribution in [3.8, 4) is 17.2 Å². The standard InChI is InChI=1S/C30H34N2O5/c1-4-35-30(33)17-13-23-12-14-25(20-28(23)37-21-22-9-6-5-7-10-22)36-18-8-11-29-31-26-16-15-24(34-3)19-27(26)32(29)2/h5-7,9-10,12,14-16,19-20H,4,8,11,13,17-18,21H2,1-3H3. The fourth-order valence-corrected chi connectivity index (χ4v) is 4.16. The number of imidazole rings is 1. The molecule has 0 atom stereocenters. The van der Waals surface area contributed by atoms with Gasteiger partial charge in [-0.3, -0.25) is 4.79 Å². The minimum atomic E-state index is -0.211. The van der Waals surface area contributed by atoms with Crippen molar-refractivity contribution in [2.24, 2.45) is 7.05 Å². The first-order valence-electron chi connectivity index (χ1n) is 12.6. The molecule has 0 aliphatic carbocycles. The minimum absolute atomic E-state index is 0.211. The van der Waals surface area contributed by atoms with Gasteiger partial charge in [0.15, 0.2) is 0 Å². The maximum Gasteiger partial charge on any atom is 0.306 e. The van der Waals surface area contributed by atoms with Crippen LogP contribution in [0.3, 0.4) is 0 Å². The number of carbonyl (C=O) groups excluding carboxylic acids is 1. The average Bonchev–Trinajstić information content (AvgIpc) is 3.24. The summed E-state index contributed by atoms with van der Waals surface area (Å²) < 4.78 is 24.7. The number of carbonyl (C=O) groups is 1. The summed E-state index contributed by atoms with van der Waals surface area (Å²) in [6.07, 6.45) is 2.46. The number of nitrogens with zero attached hydrogens (tertiary/aromatic N) is 2. The van der Waals surface area contributed by atoms with E-state index in [1.807, 2.05) is 80.7 Å². The lowest BCUT2D eigenvalue weighted by molar-refractivity contribution is -0.143. The first-order valence-corrected chi connectivity index (χ1v) is 12.6. The van der Waals surface area contributed by atoms with Crippen molar-refractivity contribution in [3.63, 3.8) is 0 Å². The van der Waals surface area contributed by atoms with E-state index in [1.165, 1.54) is 0 Å². The molecule has 4 rings (SSSR count). The second-order valence-electron chi connectivity index (χ2n) is 8.74. The molecule has 7 heteroatoms. The predicted octanol–water partition coefficient (Wildman–Crippen LogP) is 5.67. The normalized spacial score (nSPS) is 10.9. The molecule has 0 fully saturated rings. The van der Waals surface area contributed by atoms with E-state index >= 15 is 0 Å². The van der Waals surface area contributed by atoms with Crippen LogP contribution in [0.4, 0.5) is 0 Å². The molecular weight excluding hydrogens is 468 g/mol. The Morgan fingerprint density at radius 1 is 0.946 bits per heavy atom. The maximum absolute atomic E-state index is 11.9. The maximum atomic E-state index is 11.9. The second kappa shape index (κ2) is 12.8. The van der Waals surface area contributed by atoms with E-state index < -0.39 is 0 Å². The number of fused-ring (bicyclic) bond motifs is 1. The molecule has 0 aliphatic heterocycles. The van der Waals surface area contributed by atoms with Gasteiger partial charge in [-0.15, -0.1) is 0 Å². The van der Waals surface area contributed by atoms with Crippen LogP contribution in [0.25, 0.3) is 11.0 Å². The van der Waals surface area contributed by atoms with Gasteiger partial charge < -0.3 is 23.5 Å². The van der Waals surface area contributed by atoms with Crippen LogP contribution in [-0.2, 0) is 36.0 Å². The molecule has 0 N–H and O–H groups in total. The van der Waals surface area contributed by atoms with E-state index in [2.05, 4.69) is 4.57 Å². The van der Waals surface area contributed by atoms with E-state index in [-0.39, 0.29) is 5.97 Å². The zero-order valence-electron chi connectivity index (χ0n) is 21.7. The highest BCUT2D eigenvalue weighted by Gasteiger charge is 2.12. The molecule has 0 bridgehead atoms. The minimum Gasteiger partial charge on any atom is -0.497 e. The second-order valence-corrected chi connectivity index (χ2v) is 8.74. The van der Waals surface area contributed by atoms with E-state index in [0.717, 1.165) is 58.1 Å². The van der Waals surface area contributed by atoms with Crippen LogP contribution in [0.5, 0.6) is 17.2 Å². The number of hydrogen-bond acceptors (Lipinski definition) is 6. The molecule has 1 heterocycles. The summed E-state index contributed by atoms with van der Waals surface area (Å²) in [6.45, 7) is 3.18. The molecular formula is C30H34N2O5. The molecule has 3 aromatic carbocycles. The van der Waals surface area contributed by atoms with Crippen molar-refractivity contribution >= 4 is 17.0 Å². The largest absolute Gasteiger partial charge is 0.497 e. The SMILES string of the molecule is CCOC(=O)CCc1ccc(OCCCc2nc3ccc(OC)cc3n2C)cc1OCc1ccccc1. The molecule has 0 unspecified atom stereocenters. The number of hydrogen-bond donors (Lipinski definition) is 0. The van der Waals surface area contributed by atoms with Gasteiger partial charge in [0, 0.05) is 32.0 Å². The average molecular weight is 503 g/mol. The Balaban J connectivity index is 1.38. The number of benzene rings is 3. The zero-order chi connectivity index (χ0) is 26.0. The van der Waals surface area contributed by atoms with Crippen LogP contribution in [0.1, 0.15) is 36.7 Å². The van der Waals surface area contributed by atoms with Crippen molar-refractivity contribution in [1.82, 2.24) is 9.55 Å². The summed E-state index contributed by atoms with van der Waals surface area (Å²) in [4.78, 5) is 16.6. The lowest BCUT2D eigenvalue weighted by Gasteiger charge is -2.14. The molecule has 0 saturated heterocycles. The number of aromatic nitrogens is 2. The summed E-state index contributed by atoms with van der Waals surface area (Å²) in [7, 11) is 3.69. The van der Waals surface area contributed by atoms with Crippen molar-refractivity contribution in [2.45, 2.75) is 39.2 Å². The lowest BCUT2D eigenvalue weighted by Crippen LogP contribution is -2.07. The van der Waals surface area contributed by atoms with Crippen molar-refractivity contribution in [2.75, 3.05) is 20.3 Å². The van der Waals surface area contributed by atoms with Gasteiger partial charge in [-0.2, -0.15) is 0 Å². The number of aryl methyl sites for hydroxylation is 3. The molecule has 4 aromatic rings. The van der Waals surface area contributed by atoms with Crippen LogP contribution in [0.15, 0.2) is 66.7 Å². The molecule has 0 spiro atoms. The predicted molar refractivity (Wildman–Crippen MR) is 143 cm³/mol. The van der Waals surface area contributed by atoms with Gasteiger partial charge in [-0.25, -0.2) is 4.98 Å². The zero-order valence-corrected chi connectivity index (χ0v) is 21.7. The van der Waals surface area contributed by atoms with Crippen molar-refractivity contribution in [3.05, 3.63) is 83.7 Å². The first kappa shape index (κ1) is 26.1. The van der Waals surface area contributed by atoms with Gasteiger partial charge in [-0.05, 0) is 49.1 Å². The smallest absolute Gasteiger partial charge is 0.306 e. The monoisotopic (exact) mass is 502 g/mol. The van der Waals surface area contributed by atoms with Crippen LogP contribution in [0.2, 0.25) is 0 Å². The summed E-state index contributed by atoms with van der Waals surface area (Å²) in [5.41, 5.74) is 4.03. The molecule has 37 heavy (non-hydrogen) atoms. The highest BCUT2D eigenvalue weighted by atomic mass is 16.5. The lowest BCUT2D eigenvalue weighted by atomic mass is 10.1. The number of ether oxygens (including phenoxy) is 4. The summed E-state index contributed by atoms with van der Waals surface area (Å²) in [5, 5.41) is 0. The van der Waals surface area contributed by atoms with E-state index in [1.54, 1.807) is 7.11 Å². The van der Waals surface area contributed by atoms with Gasteiger partial charge in [0.1, 0.15) is 29.7 Å². The molecule has 0 saturated carbocycles. The van der Waals surface area contributed by atoms with Crippen LogP contribution in [-0.4, -0.2) is 35.8 Å². The van der Waals surface area contributed by atoms with E-state index in [9.17, 15) is 4.79 Å². The Morgan fingerprint density at radius 3 is 2.54 bits per heavy atom. The molecule has 0 radical (unpaired) electrons. The summed E-state index contributed by atoms with van der Waals surface area (Å²) in [5.74, 6) is 3.07. The number of rotatable bonds is 13. The van der Waals surface area contributed by atoms with Crippen molar-refractivity contribution in [1.29, 1.82) is 0 Å². The highest BCUT2D eigenvalue weighted by Crippen LogP contribution is 2.28. The molecule has 194 valence electrons. The quantitative estimate of drug-likeness (QED) is 0.173. The van der Waals surface area contributed by atoms with E-state index in [4.69, 9.17) is 23.9 Å². The Labute approximate surface area is 217 Å². The third-order valence-corrected chi connectivity index (χ3v) is 6.17. The third-order valence-electron chi connectivity index (χ3n) is 6.17. The Hall–Kier alpha value is -4.00. The number of esters is 1. The van der Waals surface area contributed by atoms with Gasteiger partial charge >= 0.3 is 5.97 Å². The summed E-state index contributed by atoms with van der Waals surface area (Å²) >= 11 is 0. The topological polar surface area (TPSA) is 71.8 Å². The fourth-order valence-electron chi connectivity index (χ4n) is 4.16. The third kappa shape index (κ3) is 7.03. The molecule has 0 aliphatic rings. The van der Waals surface area contributed by atoms with Crippen LogP contribution < -0.4 is 14.2 Å².